The van der Waals surface area contributed by atoms with Crippen LogP contribution >= 0.6 is 0 Å². The lowest BCUT2D eigenvalue weighted by molar-refractivity contribution is -0.146. The Morgan fingerprint density at radius 2 is 2.09 bits per heavy atom. The van der Waals surface area contributed by atoms with Gasteiger partial charge in [-0.2, -0.15) is 13.2 Å². The molecule has 1 aliphatic rings. The first kappa shape index (κ1) is 17.3. The molecule has 0 aromatic heterocycles. The van der Waals surface area contributed by atoms with Gasteiger partial charge in [0.05, 0.1) is 18.1 Å². The summed E-state index contributed by atoms with van der Waals surface area (Å²) in [7, 11) is 1.62. The first-order valence-electron chi connectivity index (χ1n) is 7.04. The number of hydrogen-bond acceptors (Lipinski definition) is 3. The minimum absolute atomic E-state index is 0.0616. The predicted octanol–water partition coefficient (Wildman–Crippen LogP) is 1.22. The standard InChI is InChI=1S/C15H17F3N2O3/c1-20-8-11(23-9-14(20)22)7-19-13(21)6-10-4-2-3-5-12(10)15(16,17)18/h2-5,11H,6-9H2,1H3,(H,19,21)/t11-/m0/s1. The van der Waals surface area contributed by atoms with Crippen LogP contribution in [0.15, 0.2) is 24.3 Å². The van der Waals surface area contributed by atoms with E-state index in [2.05, 4.69) is 5.32 Å². The summed E-state index contributed by atoms with van der Waals surface area (Å²) in [6, 6.07) is 4.98. The molecule has 0 radical (unpaired) electrons. The van der Waals surface area contributed by atoms with Crippen molar-refractivity contribution >= 4 is 11.8 Å². The molecule has 1 N–H and O–H groups in total. The molecule has 8 heteroatoms. The fourth-order valence-corrected chi connectivity index (χ4v) is 2.30. The quantitative estimate of drug-likeness (QED) is 0.903. The largest absolute Gasteiger partial charge is 0.416 e. The molecule has 1 aliphatic heterocycles. The Morgan fingerprint density at radius 1 is 1.39 bits per heavy atom. The van der Waals surface area contributed by atoms with Gasteiger partial charge in [-0.25, -0.2) is 0 Å². The normalized spacial score (nSPS) is 18.9. The Labute approximate surface area is 131 Å². The van der Waals surface area contributed by atoms with Crippen LogP contribution < -0.4 is 5.32 Å². The lowest BCUT2D eigenvalue weighted by Gasteiger charge is -2.29. The molecule has 5 nitrogen and oxygen atoms in total. The topological polar surface area (TPSA) is 58.6 Å². The second-order valence-corrected chi connectivity index (χ2v) is 5.34. The van der Waals surface area contributed by atoms with Gasteiger partial charge >= 0.3 is 6.18 Å². The van der Waals surface area contributed by atoms with Crippen LogP contribution in [0.3, 0.4) is 0 Å². The van der Waals surface area contributed by atoms with Gasteiger partial charge in [0.1, 0.15) is 6.61 Å². The van der Waals surface area contributed by atoms with Crippen LogP contribution in [0.4, 0.5) is 13.2 Å². The van der Waals surface area contributed by atoms with Gasteiger partial charge in [0, 0.05) is 20.1 Å². The predicted molar refractivity (Wildman–Crippen MR) is 75.5 cm³/mol. The Bertz CT molecular complexity index is 590. The zero-order valence-electron chi connectivity index (χ0n) is 12.5. The molecule has 1 fully saturated rings. The fourth-order valence-electron chi connectivity index (χ4n) is 2.30. The number of carbonyl (C=O) groups excluding carboxylic acids is 2. The molecule has 1 aromatic rings. The highest BCUT2D eigenvalue weighted by Gasteiger charge is 2.33. The van der Waals surface area contributed by atoms with Crippen LogP contribution in [0.2, 0.25) is 0 Å². The highest BCUT2D eigenvalue weighted by molar-refractivity contribution is 5.79. The van der Waals surface area contributed by atoms with E-state index in [0.717, 1.165) is 6.07 Å². The smallest absolute Gasteiger partial charge is 0.365 e. The van der Waals surface area contributed by atoms with E-state index in [4.69, 9.17) is 4.74 Å². The van der Waals surface area contributed by atoms with Crippen LogP contribution in [0, 0.1) is 0 Å². The third kappa shape index (κ3) is 4.69. The first-order valence-corrected chi connectivity index (χ1v) is 7.04. The number of alkyl halides is 3. The molecular weight excluding hydrogens is 313 g/mol. The second kappa shape index (κ2) is 6.99. The van der Waals surface area contributed by atoms with Crippen LogP contribution in [0.1, 0.15) is 11.1 Å². The van der Waals surface area contributed by atoms with Crippen molar-refractivity contribution in [3.63, 3.8) is 0 Å². The SMILES string of the molecule is CN1C[C@H](CNC(=O)Cc2ccccc2C(F)(F)F)OCC1=O. The summed E-state index contributed by atoms with van der Waals surface area (Å²) in [5, 5.41) is 2.55. The summed E-state index contributed by atoms with van der Waals surface area (Å²) in [6.45, 7) is 0.414. The molecule has 1 atom stereocenters. The molecule has 126 valence electrons. The van der Waals surface area contributed by atoms with E-state index < -0.39 is 17.6 Å². The van der Waals surface area contributed by atoms with E-state index in [1.807, 2.05) is 0 Å². The summed E-state index contributed by atoms with van der Waals surface area (Å²) >= 11 is 0. The Hall–Kier alpha value is -2.09. The Kier molecular flexibility index (Phi) is 5.25. The molecule has 2 rings (SSSR count). The van der Waals surface area contributed by atoms with E-state index in [9.17, 15) is 22.8 Å². The molecule has 1 saturated heterocycles. The molecule has 2 amide bonds. The number of amides is 2. The maximum Gasteiger partial charge on any atom is 0.416 e. The molecule has 0 unspecified atom stereocenters. The number of halogens is 3. The van der Waals surface area contributed by atoms with Crippen molar-refractivity contribution in [1.82, 2.24) is 10.2 Å². The van der Waals surface area contributed by atoms with E-state index in [1.54, 1.807) is 7.05 Å². The van der Waals surface area contributed by atoms with Gasteiger partial charge in [0.2, 0.25) is 11.8 Å². The van der Waals surface area contributed by atoms with Crippen LogP contribution in [0.25, 0.3) is 0 Å². The van der Waals surface area contributed by atoms with Gasteiger partial charge < -0.3 is 15.0 Å². The first-order chi connectivity index (χ1) is 10.8. The van der Waals surface area contributed by atoms with Crippen LogP contribution in [-0.4, -0.2) is 49.6 Å². The average molecular weight is 330 g/mol. The Balaban J connectivity index is 1.90. The summed E-state index contributed by atoms with van der Waals surface area (Å²) in [4.78, 5) is 24.6. The molecular formula is C15H17F3N2O3. The highest BCUT2D eigenvalue weighted by Crippen LogP contribution is 2.31. The Morgan fingerprint density at radius 3 is 2.74 bits per heavy atom. The molecule has 23 heavy (non-hydrogen) atoms. The molecule has 0 saturated carbocycles. The summed E-state index contributed by atoms with van der Waals surface area (Å²) in [5.74, 6) is -0.670. The number of rotatable bonds is 4. The molecule has 0 bridgehead atoms. The van der Waals surface area contributed by atoms with Gasteiger partial charge in [-0.3, -0.25) is 9.59 Å². The van der Waals surface area contributed by atoms with Crippen LogP contribution in [0.5, 0.6) is 0 Å². The van der Waals surface area contributed by atoms with Crippen molar-refractivity contribution in [2.24, 2.45) is 0 Å². The van der Waals surface area contributed by atoms with E-state index >= 15 is 0 Å². The number of morpholine rings is 1. The number of benzene rings is 1. The van der Waals surface area contributed by atoms with Gasteiger partial charge in [0.15, 0.2) is 0 Å². The number of nitrogens with zero attached hydrogens (tertiary/aromatic N) is 1. The number of hydrogen-bond donors (Lipinski definition) is 1. The maximum atomic E-state index is 12.9. The van der Waals surface area contributed by atoms with Crippen molar-refractivity contribution in [1.29, 1.82) is 0 Å². The van der Waals surface area contributed by atoms with Gasteiger partial charge in [-0.1, -0.05) is 18.2 Å². The van der Waals surface area contributed by atoms with Crippen molar-refractivity contribution in [2.45, 2.75) is 18.7 Å². The average Bonchev–Trinajstić information content (AvgIpc) is 2.48. The zero-order valence-corrected chi connectivity index (χ0v) is 12.5. The van der Waals surface area contributed by atoms with Crippen LogP contribution in [-0.2, 0) is 26.9 Å². The number of carbonyl (C=O) groups is 2. The molecule has 0 spiro atoms. The van der Waals surface area contributed by atoms with E-state index in [-0.39, 0.29) is 37.1 Å². The van der Waals surface area contributed by atoms with E-state index in [0.29, 0.717) is 6.54 Å². The van der Waals surface area contributed by atoms with Crippen molar-refractivity contribution in [3.8, 4) is 0 Å². The lowest BCUT2D eigenvalue weighted by atomic mass is 10.0. The highest BCUT2D eigenvalue weighted by atomic mass is 19.4. The monoisotopic (exact) mass is 330 g/mol. The minimum Gasteiger partial charge on any atom is -0.365 e. The van der Waals surface area contributed by atoms with Crippen molar-refractivity contribution in [3.05, 3.63) is 35.4 Å². The number of ether oxygens (including phenoxy) is 1. The summed E-state index contributed by atoms with van der Waals surface area (Å²) < 4.78 is 43.9. The van der Waals surface area contributed by atoms with Gasteiger partial charge in [0.25, 0.3) is 0 Å². The maximum absolute atomic E-state index is 12.9. The van der Waals surface area contributed by atoms with Crippen molar-refractivity contribution in [2.75, 3.05) is 26.7 Å². The van der Waals surface area contributed by atoms with Gasteiger partial charge in [-0.15, -0.1) is 0 Å². The molecule has 1 aromatic carbocycles. The molecule has 0 aliphatic carbocycles. The number of likely N-dealkylation sites (N-methyl/N-ethyl adjacent to an activating group) is 1. The minimum atomic E-state index is -4.49. The second-order valence-electron chi connectivity index (χ2n) is 5.34. The zero-order chi connectivity index (χ0) is 17.0. The van der Waals surface area contributed by atoms with Gasteiger partial charge in [-0.05, 0) is 11.6 Å². The third-order valence-corrected chi connectivity index (χ3v) is 3.55. The molecule has 1 heterocycles. The fraction of sp³-hybridized carbons (Fsp3) is 0.467. The number of nitrogens with one attached hydrogen (secondary N) is 1. The summed E-state index contributed by atoms with van der Waals surface area (Å²) in [5.41, 5.74) is -0.885. The van der Waals surface area contributed by atoms with E-state index in [1.165, 1.54) is 23.1 Å². The lowest BCUT2D eigenvalue weighted by Crippen LogP contribution is -2.48. The third-order valence-electron chi connectivity index (χ3n) is 3.55. The van der Waals surface area contributed by atoms with Crippen molar-refractivity contribution < 1.29 is 27.5 Å². The summed E-state index contributed by atoms with van der Waals surface area (Å²) in [6.07, 6.45) is -5.22.